The lowest BCUT2D eigenvalue weighted by molar-refractivity contribution is -0.114. The molecule has 26 heavy (non-hydrogen) atoms. The molecule has 2 N–H and O–H groups in total. The Morgan fingerprint density at radius 2 is 1.92 bits per heavy atom. The van der Waals surface area contributed by atoms with Gasteiger partial charge >= 0.3 is 5.97 Å². The fourth-order valence-corrected chi connectivity index (χ4v) is 3.29. The first-order valence-corrected chi connectivity index (χ1v) is 8.95. The summed E-state index contributed by atoms with van der Waals surface area (Å²) >= 11 is 0. The van der Waals surface area contributed by atoms with Crippen LogP contribution in [0.4, 0.5) is 0 Å². The van der Waals surface area contributed by atoms with Gasteiger partial charge in [-0.25, -0.2) is 4.79 Å². The number of allylic oxidation sites excluding steroid dienone is 2. The monoisotopic (exact) mass is 360 g/mol. The molecular weight excluding hydrogens is 336 g/mol. The first-order chi connectivity index (χ1) is 12.3. The number of hydrogen-bond donors (Lipinski definition) is 2. The van der Waals surface area contributed by atoms with Crippen LogP contribution in [-0.2, 0) is 20.7 Å². The van der Waals surface area contributed by atoms with Crippen molar-refractivity contribution in [3.63, 3.8) is 0 Å². The van der Waals surface area contributed by atoms with E-state index in [1.807, 2.05) is 13.8 Å². The van der Waals surface area contributed by atoms with E-state index in [1.165, 1.54) is 12.1 Å². The molecule has 0 amide bonds. The third-order valence-electron chi connectivity index (χ3n) is 4.83. The Morgan fingerprint density at radius 3 is 2.65 bits per heavy atom. The molecule has 1 aromatic rings. The highest BCUT2D eigenvalue weighted by molar-refractivity contribution is 5.98. The van der Waals surface area contributed by atoms with E-state index in [2.05, 4.69) is 0 Å². The van der Waals surface area contributed by atoms with Gasteiger partial charge in [-0.3, -0.25) is 4.79 Å². The van der Waals surface area contributed by atoms with Crippen molar-refractivity contribution in [3.8, 4) is 11.5 Å². The van der Waals surface area contributed by atoms with Gasteiger partial charge in [0.2, 0.25) is 0 Å². The zero-order valence-electron chi connectivity index (χ0n) is 15.0. The minimum absolute atomic E-state index is 0.0510. The van der Waals surface area contributed by atoms with E-state index < -0.39 is 11.7 Å². The number of rotatable bonds is 1. The maximum absolute atomic E-state index is 12.7. The number of fused-ring (bicyclic) bond motifs is 2. The molecule has 1 saturated heterocycles. The van der Waals surface area contributed by atoms with Gasteiger partial charge in [-0.15, -0.1) is 0 Å². The molecule has 0 spiro atoms. The predicted octanol–water partition coefficient (Wildman–Crippen LogP) is 2.90. The van der Waals surface area contributed by atoms with Crippen molar-refractivity contribution >= 4 is 11.8 Å². The summed E-state index contributed by atoms with van der Waals surface area (Å²) < 4.78 is 11.3. The van der Waals surface area contributed by atoms with Crippen LogP contribution in [0.5, 0.6) is 11.5 Å². The fourth-order valence-electron chi connectivity index (χ4n) is 3.29. The van der Waals surface area contributed by atoms with E-state index in [-0.39, 0.29) is 53.3 Å². The van der Waals surface area contributed by atoms with Crippen LogP contribution < -0.4 is 0 Å². The van der Waals surface area contributed by atoms with Crippen LogP contribution in [0.1, 0.15) is 49.0 Å². The van der Waals surface area contributed by atoms with Crippen LogP contribution in [0.15, 0.2) is 24.3 Å². The Morgan fingerprint density at radius 1 is 1.15 bits per heavy atom. The number of ether oxygens (including phenoxy) is 2. The predicted molar refractivity (Wildman–Crippen MR) is 94.2 cm³/mol. The molecular formula is C20H24O6. The van der Waals surface area contributed by atoms with Crippen molar-refractivity contribution in [2.45, 2.75) is 57.8 Å². The summed E-state index contributed by atoms with van der Waals surface area (Å²) in [6.45, 7) is 3.92. The normalized spacial score (nSPS) is 27.9. The lowest BCUT2D eigenvalue weighted by Crippen LogP contribution is -2.26. The van der Waals surface area contributed by atoms with Crippen LogP contribution in [-0.4, -0.2) is 40.3 Å². The van der Waals surface area contributed by atoms with Crippen molar-refractivity contribution in [1.29, 1.82) is 0 Å². The SMILES string of the molecule is CC(C)[C@@H]1C[C@H]2O[C@H]2CC/C=C/C(=O)Cc2cc(O)cc(O)c2C(=O)O1. The van der Waals surface area contributed by atoms with Gasteiger partial charge in [0, 0.05) is 18.9 Å². The number of esters is 1. The number of phenolic OH excluding ortho intramolecular Hbond substituents is 2. The highest BCUT2D eigenvalue weighted by Gasteiger charge is 2.41. The van der Waals surface area contributed by atoms with Gasteiger partial charge in [0.1, 0.15) is 23.2 Å². The van der Waals surface area contributed by atoms with E-state index in [0.717, 1.165) is 18.9 Å². The Labute approximate surface area is 152 Å². The largest absolute Gasteiger partial charge is 0.508 e. The summed E-state index contributed by atoms with van der Waals surface area (Å²) in [6, 6.07) is 2.40. The Kier molecular flexibility index (Phi) is 5.32. The number of carbonyl (C=O) groups excluding carboxylic acids is 2. The second-order valence-corrected chi connectivity index (χ2v) is 7.26. The zero-order chi connectivity index (χ0) is 18.8. The summed E-state index contributed by atoms with van der Waals surface area (Å²) in [7, 11) is 0. The van der Waals surface area contributed by atoms with Crippen LogP contribution in [0.25, 0.3) is 0 Å². The lowest BCUT2D eigenvalue weighted by Gasteiger charge is -2.22. The first kappa shape index (κ1) is 18.5. The van der Waals surface area contributed by atoms with Crippen molar-refractivity contribution in [3.05, 3.63) is 35.4 Å². The summed E-state index contributed by atoms with van der Waals surface area (Å²) in [5.41, 5.74) is 0.183. The average Bonchev–Trinajstić information content (AvgIpc) is 3.27. The average molecular weight is 360 g/mol. The summed E-state index contributed by atoms with van der Waals surface area (Å²) in [5, 5.41) is 19.9. The number of epoxide rings is 1. The van der Waals surface area contributed by atoms with E-state index in [0.29, 0.717) is 6.42 Å². The third-order valence-corrected chi connectivity index (χ3v) is 4.83. The van der Waals surface area contributed by atoms with Crippen LogP contribution in [0.3, 0.4) is 0 Å². The van der Waals surface area contributed by atoms with Gasteiger partial charge in [0.15, 0.2) is 5.78 Å². The van der Waals surface area contributed by atoms with Gasteiger partial charge in [-0.05, 0) is 36.5 Å². The van der Waals surface area contributed by atoms with Gasteiger partial charge < -0.3 is 19.7 Å². The van der Waals surface area contributed by atoms with Crippen LogP contribution in [0, 0.1) is 5.92 Å². The number of cyclic esters (lactones) is 1. The molecule has 0 bridgehead atoms. The van der Waals surface area contributed by atoms with Gasteiger partial charge in [0.05, 0.1) is 12.2 Å². The molecule has 3 rings (SSSR count). The second-order valence-electron chi connectivity index (χ2n) is 7.26. The number of hydrogen-bond acceptors (Lipinski definition) is 6. The molecule has 1 aromatic carbocycles. The highest BCUT2D eigenvalue weighted by atomic mass is 16.6. The molecule has 2 aliphatic heterocycles. The standard InChI is InChI=1S/C20H24O6/c1-11(2)17-10-18-16(25-18)6-4-3-5-13(21)7-12-8-14(22)9-15(23)19(12)20(24)26-17/h3,5,8-9,11,16-18,22-23H,4,6-7,10H2,1-2H3/b5-3+/t16-,17-,18+/m0/s1. The summed E-state index contributed by atoms with van der Waals surface area (Å²) in [4.78, 5) is 24.9. The molecule has 140 valence electrons. The molecule has 2 heterocycles. The molecule has 0 unspecified atom stereocenters. The molecule has 6 heteroatoms. The third kappa shape index (κ3) is 4.25. The van der Waals surface area contributed by atoms with Crippen LogP contribution in [0.2, 0.25) is 0 Å². The lowest BCUT2D eigenvalue weighted by atomic mass is 9.97. The van der Waals surface area contributed by atoms with Gasteiger partial charge in [0.25, 0.3) is 0 Å². The molecule has 2 aliphatic rings. The number of aromatic hydroxyl groups is 2. The second kappa shape index (κ2) is 7.50. The van der Waals surface area contributed by atoms with E-state index >= 15 is 0 Å². The molecule has 0 aliphatic carbocycles. The van der Waals surface area contributed by atoms with Gasteiger partial charge in [-0.2, -0.15) is 0 Å². The number of carbonyl (C=O) groups is 2. The quantitative estimate of drug-likeness (QED) is 0.590. The molecule has 3 atom stereocenters. The summed E-state index contributed by atoms with van der Waals surface area (Å²) in [5.74, 6) is -1.42. The molecule has 0 aromatic heterocycles. The van der Waals surface area contributed by atoms with Crippen molar-refractivity contribution in [1.82, 2.24) is 0 Å². The minimum Gasteiger partial charge on any atom is -0.508 e. The Balaban J connectivity index is 1.95. The molecule has 0 radical (unpaired) electrons. The van der Waals surface area contributed by atoms with Crippen molar-refractivity contribution in [2.24, 2.45) is 5.92 Å². The smallest absolute Gasteiger partial charge is 0.342 e. The Hall–Kier alpha value is -2.34. The fraction of sp³-hybridized carbons (Fsp3) is 0.500. The molecule has 0 saturated carbocycles. The van der Waals surface area contributed by atoms with Gasteiger partial charge in [-0.1, -0.05) is 19.9 Å². The number of ketones is 1. The number of phenols is 2. The van der Waals surface area contributed by atoms with Crippen LogP contribution >= 0.6 is 0 Å². The zero-order valence-corrected chi connectivity index (χ0v) is 15.0. The Bertz CT molecular complexity index is 736. The van der Waals surface area contributed by atoms with Crippen molar-refractivity contribution < 1.29 is 29.3 Å². The topological polar surface area (TPSA) is 96.4 Å². The molecule has 6 nitrogen and oxygen atoms in total. The maximum atomic E-state index is 12.7. The highest BCUT2D eigenvalue weighted by Crippen LogP contribution is 2.34. The van der Waals surface area contributed by atoms with E-state index in [9.17, 15) is 19.8 Å². The minimum atomic E-state index is -0.692. The van der Waals surface area contributed by atoms with E-state index in [4.69, 9.17) is 9.47 Å². The maximum Gasteiger partial charge on any atom is 0.342 e. The number of benzene rings is 1. The van der Waals surface area contributed by atoms with Crippen molar-refractivity contribution in [2.75, 3.05) is 0 Å². The molecule has 1 fully saturated rings. The first-order valence-electron chi connectivity index (χ1n) is 8.95. The van der Waals surface area contributed by atoms with E-state index in [1.54, 1.807) is 6.08 Å². The summed E-state index contributed by atoms with van der Waals surface area (Å²) in [6.07, 6.45) is 5.16.